The maximum absolute atomic E-state index is 12.3. The average molecular weight is 467 g/mol. The molecule has 0 fully saturated rings. The molecule has 0 bridgehead atoms. The highest BCUT2D eigenvalue weighted by molar-refractivity contribution is 5.97. The summed E-state index contributed by atoms with van der Waals surface area (Å²) in [6.45, 7) is 1.01. The first kappa shape index (κ1) is 21.3. The summed E-state index contributed by atoms with van der Waals surface area (Å²) in [5, 5.41) is 9.64. The molecule has 3 aromatic rings. The summed E-state index contributed by atoms with van der Waals surface area (Å²) in [5.41, 5.74) is 9.87. The Labute approximate surface area is 195 Å². The molecule has 6 rings (SSSR count). The molecule has 34 heavy (non-hydrogen) atoms. The molecule has 8 heteroatoms. The molecular weight excluding hydrogens is 441 g/mol. The molecule has 2 atom stereocenters. The van der Waals surface area contributed by atoms with Gasteiger partial charge in [-0.25, -0.2) is 0 Å². The van der Waals surface area contributed by atoms with Crippen LogP contribution in [0.25, 0.3) is 10.9 Å². The van der Waals surface area contributed by atoms with Crippen molar-refractivity contribution in [2.45, 2.75) is 49.9 Å². The van der Waals surface area contributed by atoms with Crippen LogP contribution < -0.4 is 15.5 Å². The molecule has 0 amide bonds. The van der Waals surface area contributed by atoms with Gasteiger partial charge in [0.2, 0.25) is 0 Å². The normalized spacial score (nSPS) is 25.0. The lowest BCUT2D eigenvalue weighted by Gasteiger charge is -2.40. The molecule has 0 saturated heterocycles. The lowest BCUT2D eigenvalue weighted by Crippen LogP contribution is -2.37. The first-order chi connectivity index (χ1) is 16.4. The van der Waals surface area contributed by atoms with Gasteiger partial charge in [-0.3, -0.25) is 5.43 Å². The molecule has 0 saturated carbocycles. The van der Waals surface area contributed by atoms with Crippen LogP contribution in [0.4, 0.5) is 18.9 Å². The molecule has 2 aliphatic carbocycles. The Morgan fingerprint density at radius 1 is 1.06 bits per heavy atom. The summed E-state index contributed by atoms with van der Waals surface area (Å²) in [5.74, 6) is -0.253. The standard InChI is InChI=1S/C26H25F3N4O/c27-26(28,29)34-19-6-4-17(5-7-19)32-33-18-8-12-25(13-9-18)14-10-20-23-22-16(11-15-30-20)2-1-3-21(22)31-24(23)25/h1-8,12,20,30-32H,9-11,13-15H2/b33-18-/t20-,25+/m0/s1. The van der Waals surface area contributed by atoms with E-state index in [9.17, 15) is 13.2 Å². The average Bonchev–Trinajstić information content (AvgIpc) is 3.12. The van der Waals surface area contributed by atoms with Gasteiger partial charge in [-0.1, -0.05) is 18.2 Å². The lowest BCUT2D eigenvalue weighted by atomic mass is 9.66. The maximum atomic E-state index is 12.3. The molecule has 1 aliphatic heterocycles. The monoisotopic (exact) mass is 466 g/mol. The largest absolute Gasteiger partial charge is 0.573 e. The summed E-state index contributed by atoms with van der Waals surface area (Å²) >= 11 is 0. The molecule has 3 aliphatic rings. The number of fused-ring (bicyclic) bond motifs is 1. The van der Waals surface area contributed by atoms with Gasteiger partial charge >= 0.3 is 6.36 Å². The summed E-state index contributed by atoms with van der Waals surface area (Å²) < 4.78 is 40.9. The number of anilines is 1. The van der Waals surface area contributed by atoms with Crippen molar-refractivity contribution in [1.82, 2.24) is 10.3 Å². The first-order valence-electron chi connectivity index (χ1n) is 11.7. The van der Waals surface area contributed by atoms with Gasteiger partial charge in [0.15, 0.2) is 0 Å². The lowest BCUT2D eigenvalue weighted by molar-refractivity contribution is -0.274. The van der Waals surface area contributed by atoms with Crippen molar-refractivity contribution in [3.63, 3.8) is 0 Å². The van der Waals surface area contributed by atoms with Crippen LogP contribution in [0.15, 0.2) is 59.7 Å². The van der Waals surface area contributed by atoms with Gasteiger partial charge in [-0.2, -0.15) is 5.10 Å². The third-order valence-corrected chi connectivity index (χ3v) is 7.30. The van der Waals surface area contributed by atoms with E-state index >= 15 is 0 Å². The zero-order valence-corrected chi connectivity index (χ0v) is 18.5. The Morgan fingerprint density at radius 2 is 1.91 bits per heavy atom. The fourth-order valence-corrected chi connectivity index (χ4v) is 5.71. The van der Waals surface area contributed by atoms with Crippen molar-refractivity contribution in [2.24, 2.45) is 5.10 Å². The predicted octanol–water partition coefficient (Wildman–Crippen LogP) is 6.10. The molecular formula is C26H25F3N4O. The molecule has 0 unspecified atom stereocenters. The highest BCUT2D eigenvalue weighted by atomic mass is 19.4. The zero-order valence-electron chi connectivity index (χ0n) is 18.5. The van der Waals surface area contributed by atoms with Gasteiger partial charge < -0.3 is 15.0 Å². The maximum Gasteiger partial charge on any atom is 0.573 e. The van der Waals surface area contributed by atoms with Crippen molar-refractivity contribution < 1.29 is 17.9 Å². The van der Waals surface area contributed by atoms with E-state index in [1.54, 1.807) is 0 Å². The summed E-state index contributed by atoms with van der Waals surface area (Å²) in [6, 6.07) is 12.5. The number of benzene rings is 2. The highest BCUT2D eigenvalue weighted by Gasteiger charge is 2.42. The number of aromatic amines is 1. The Balaban J connectivity index is 1.24. The van der Waals surface area contributed by atoms with E-state index in [-0.39, 0.29) is 11.2 Å². The van der Waals surface area contributed by atoms with E-state index in [1.807, 2.05) is 0 Å². The number of aromatic nitrogens is 1. The van der Waals surface area contributed by atoms with Crippen LogP contribution in [0.3, 0.4) is 0 Å². The van der Waals surface area contributed by atoms with Gasteiger partial charge in [0.1, 0.15) is 5.75 Å². The van der Waals surface area contributed by atoms with Crippen molar-refractivity contribution in [2.75, 3.05) is 12.0 Å². The Kier molecular flexibility index (Phi) is 4.95. The van der Waals surface area contributed by atoms with Crippen molar-refractivity contribution >= 4 is 22.3 Å². The summed E-state index contributed by atoms with van der Waals surface area (Å²) in [7, 11) is 0. The summed E-state index contributed by atoms with van der Waals surface area (Å²) in [4.78, 5) is 3.77. The van der Waals surface area contributed by atoms with E-state index in [2.05, 4.69) is 55.9 Å². The van der Waals surface area contributed by atoms with Crippen molar-refractivity contribution in [3.8, 4) is 5.75 Å². The smallest absolute Gasteiger partial charge is 0.406 e. The number of H-pyrrole nitrogens is 1. The van der Waals surface area contributed by atoms with Gasteiger partial charge in [0, 0.05) is 28.1 Å². The topological polar surface area (TPSA) is 61.4 Å². The Bertz CT molecular complexity index is 1290. The van der Waals surface area contributed by atoms with Crippen molar-refractivity contribution in [3.05, 3.63) is 71.4 Å². The SMILES string of the molecule is FC(F)(F)Oc1ccc(N/N=C2/C=C[C@@]3(CC2)CC[C@@H]2NCCc4cccc5[nH]c3c2c45)cc1. The molecule has 3 N–H and O–H groups in total. The number of alkyl halides is 3. The number of rotatable bonds is 3. The minimum Gasteiger partial charge on any atom is -0.406 e. The van der Waals surface area contributed by atoms with E-state index < -0.39 is 6.36 Å². The first-order valence-corrected chi connectivity index (χ1v) is 11.7. The van der Waals surface area contributed by atoms with E-state index in [0.717, 1.165) is 44.4 Å². The number of hydrogen-bond acceptors (Lipinski definition) is 4. The number of nitrogens with zero attached hydrogens (tertiary/aromatic N) is 1. The zero-order chi connectivity index (χ0) is 23.3. The second kappa shape index (κ2) is 7.91. The van der Waals surface area contributed by atoms with Crippen LogP contribution in [0, 0.1) is 0 Å². The summed E-state index contributed by atoms with van der Waals surface area (Å²) in [6.07, 6.45) is 4.70. The van der Waals surface area contributed by atoms with Gasteiger partial charge in [0.25, 0.3) is 0 Å². The number of nitrogens with one attached hydrogen (secondary N) is 3. The fraction of sp³-hybridized carbons (Fsp3) is 0.346. The van der Waals surface area contributed by atoms with Crippen LogP contribution in [-0.2, 0) is 11.8 Å². The quantitative estimate of drug-likeness (QED) is 0.409. The van der Waals surface area contributed by atoms with Gasteiger partial charge in [-0.15, -0.1) is 13.2 Å². The van der Waals surface area contributed by atoms with Crippen LogP contribution in [0.2, 0.25) is 0 Å². The predicted molar refractivity (Wildman–Crippen MR) is 126 cm³/mol. The second-order valence-corrected chi connectivity index (χ2v) is 9.33. The van der Waals surface area contributed by atoms with Gasteiger partial charge in [-0.05, 0) is 86.2 Å². The van der Waals surface area contributed by atoms with Crippen LogP contribution in [0.5, 0.6) is 5.75 Å². The number of hydrazone groups is 1. The van der Waals surface area contributed by atoms with Gasteiger partial charge in [0.05, 0.1) is 11.4 Å². The molecule has 2 aromatic carbocycles. The minimum atomic E-state index is -4.70. The van der Waals surface area contributed by atoms with Crippen LogP contribution in [-0.4, -0.2) is 23.6 Å². The minimum absolute atomic E-state index is 0.0241. The third kappa shape index (κ3) is 3.76. The highest BCUT2D eigenvalue weighted by Crippen LogP contribution is 2.50. The number of hydrogen-bond donors (Lipinski definition) is 3. The Hall–Kier alpha value is -3.26. The fourth-order valence-electron chi connectivity index (χ4n) is 5.71. The number of ether oxygens (including phenoxy) is 1. The molecule has 5 nitrogen and oxygen atoms in total. The molecule has 176 valence electrons. The third-order valence-electron chi connectivity index (χ3n) is 7.30. The molecule has 1 aromatic heterocycles. The van der Waals surface area contributed by atoms with E-state index in [1.165, 1.54) is 52.0 Å². The molecule has 1 spiro atoms. The second-order valence-electron chi connectivity index (χ2n) is 9.33. The number of halogens is 3. The van der Waals surface area contributed by atoms with Crippen molar-refractivity contribution in [1.29, 1.82) is 0 Å². The number of allylic oxidation sites excluding steroid dienone is 2. The van der Waals surface area contributed by atoms with E-state index in [0.29, 0.717) is 11.7 Å². The Morgan fingerprint density at radius 3 is 2.68 bits per heavy atom. The van der Waals surface area contributed by atoms with Crippen LogP contribution in [0.1, 0.15) is 48.5 Å². The molecule has 0 radical (unpaired) electrons. The van der Waals surface area contributed by atoms with E-state index in [4.69, 9.17) is 0 Å². The molecule has 2 heterocycles. The van der Waals surface area contributed by atoms with Crippen LogP contribution >= 0.6 is 0 Å².